The number of benzene rings is 1. The van der Waals surface area contributed by atoms with Crippen LogP contribution in [-0.2, 0) is 6.61 Å². The summed E-state index contributed by atoms with van der Waals surface area (Å²) < 4.78 is 23.3. The van der Waals surface area contributed by atoms with Gasteiger partial charge in [0.05, 0.1) is 11.4 Å². The van der Waals surface area contributed by atoms with Crippen molar-refractivity contribution in [3.63, 3.8) is 0 Å². The van der Waals surface area contributed by atoms with Gasteiger partial charge < -0.3 is 4.74 Å². The zero-order valence-electron chi connectivity index (χ0n) is 10.1. The van der Waals surface area contributed by atoms with Crippen molar-refractivity contribution in [2.75, 3.05) is 5.88 Å². The summed E-state index contributed by atoms with van der Waals surface area (Å²) in [4.78, 5) is 0. The average molecular weight is 281 g/mol. The van der Waals surface area contributed by atoms with Crippen molar-refractivity contribution >= 4 is 11.6 Å². The van der Waals surface area contributed by atoms with Crippen LogP contribution >= 0.6 is 11.6 Å². The second-order valence-corrected chi connectivity index (χ2v) is 3.93. The lowest BCUT2D eigenvalue weighted by molar-refractivity contribution is 0.269. The van der Waals surface area contributed by atoms with E-state index in [2.05, 4.69) is 26.8 Å². The smallest absolute Gasteiger partial charge is 0.145 e. The van der Waals surface area contributed by atoms with Crippen LogP contribution in [0.25, 0.3) is 0 Å². The third kappa shape index (κ3) is 3.46. The molecule has 0 unspecified atom stereocenters. The van der Waals surface area contributed by atoms with E-state index < -0.39 is 0 Å². The van der Waals surface area contributed by atoms with Crippen molar-refractivity contribution < 1.29 is 13.8 Å². The Kier molecular flexibility index (Phi) is 4.37. The molecule has 0 atom stereocenters. The summed E-state index contributed by atoms with van der Waals surface area (Å²) in [6, 6.07) is 4.11. The average Bonchev–Trinajstić information content (AvgIpc) is 2.81. The van der Waals surface area contributed by atoms with Crippen LogP contribution in [0.2, 0.25) is 0 Å². The fraction of sp³-hybridized carbons (Fsp3) is 0.231. The van der Waals surface area contributed by atoms with E-state index in [9.17, 15) is 4.39 Å². The lowest BCUT2D eigenvalue weighted by Gasteiger charge is -2.06. The Bertz CT molecular complexity index is 631. The van der Waals surface area contributed by atoms with E-state index in [0.717, 1.165) is 0 Å². The number of nitrogens with zero attached hydrogens (tertiary/aromatic N) is 2. The van der Waals surface area contributed by atoms with Gasteiger partial charge in [-0.05, 0) is 25.1 Å². The molecule has 0 saturated heterocycles. The van der Waals surface area contributed by atoms with Crippen LogP contribution in [0.3, 0.4) is 0 Å². The summed E-state index contributed by atoms with van der Waals surface area (Å²) in [7, 11) is 0. The molecule has 0 N–H and O–H groups in total. The molecule has 0 amide bonds. The highest BCUT2D eigenvalue weighted by atomic mass is 35.5. The van der Waals surface area contributed by atoms with Crippen LogP contribution < -0.4 is 4.74 Å². The number of hydrogen-bond donors (Lipinski definition) is 0. The molecule has 4 nitrogen and oxygen atoms in total. The summed E-state index contributed by atoms with van der Waals surface area (Å²) in [5.41, 5.74) is 1.67. The molecule has 0 fully saturated rings. The van der Waals surface area contributed by atoms with Gasteiger partial charge in [0.15, 0.2) is 0 Å². The van der Waals surface area contributed by atoms with E-state index in [4.69, 9.17) is 16.3 Å². The summed E-state index contributed by atoms with van der Waals surface area (Å²) in [6.07, 6.45) is 0. The number of alkyl halides is 1. The van der Waals surface area contributed by atoms with Crippen LogP contribution in [0.4, 0.5) is 4.39 Å². The molecule has 98 valence electrons. The third-order valence-electron chi connectivity index (χ3n) is 2.34. The van der Waals surface area contributed by atoms with E-state index in [1.807, 2.05) is 0 Å². The molecular formula is C13H10ClFN2O2. The van der Waals surface area contributed by atoms with Gasteiger partial charge in [0.2, 0.25) is 0 Å². The fourth-order valence-corrected chi connectivity index (χ4v) is 1.45. The standard InChI is InChI=1S/C13H10ClFN2O2/c1-9-12(17-19-16-9)8-18-13-5-4-11(15)7-10(13)3-2-6-14/h4-5,7H,6,8H2,1H3. The predicted molar refractivity (Wildman–Crippen MR) is 67.4 cm³/mol. The van der Waals surface area contributed by atoms with Gasteiger partial charge >= 0.3 is 0 Å². The number of halogens is 2. The first-order valence-corrected chi connectivity index (χ1v) is 5.99. The van der Waals surface area contributed by atoms with E-state index in [1.54, 1.807) is 6.92 Å². The molecular weight excluding hydrogens is 271 g/mol. The van der Waals surface area contributed by atoms with Crippen molar-refractivity contribution in [2.45, 2.75) is 13.5 Å². The van der Waals surface area contributed by atoms with Crippen LogP contribution in [0.5, 0.6) is 5.75 Å². The second-order valence-electron chi connectivity index (χ2n) is 3.66. The molecule has 0 aliphatic carbocycles. The molecule has 0 bridgehead atoms. The topological polar surface area (TPSA) is 48.2 Å². The third-order valence-corrected chi connectivity index (χ3v) is 2.48. The zero-order valence-corrected chi connectivity index (χ0v) is 10.9. The molecule has 6 heteroatoms. The summed E-state index contributed by atoms with van der Waals surface area (Å²) in [6.45, 7) is 1.94. The molecule has 19 heavy (non-hydrogen) atoms. The second kappa shape index (κ2) is 6.21. The monoisotopic (exact) mass is 280 g/mol. The van der Waals surface area contributed by atoms with Crippen molar-refractivity contribution in [3.8, 4) is 17.6 Å². The number of aryl methyl sites for hydroxylation is 1. The molecule has 1 aromatic carbocycles. The summed E-state index contributed by atoms with van der Waals surface area (Å²) >= 11 is 5.48. The molecule has 1 aromatic heterocycles. The Balaban J connectivity index is 2.17. The van der Waals surface area contributed by atoms with E-state index in [1.165, 1.54) is 18.2 Å². The Hall–Kier alpha value is -2.06. The van der Waals surface area contributed by atoms with E-state index in [-0.39, 0.29) is 18.3 Å². The van der Waals surface area contributed by atoms with Gasteiger partial charge in [-0.2, -0.15) is 0 Å². The Morgan fingerprint density at radius 1 is 1.42 bits per heavy atom. The Morgan fingerprint density at radius 3 is 2.95 bits per heavy atom. The van der Waals surface area contributed by atoms with Crippen LogP contribution in [-0.4, -0.2) is 16.2 Å². The van der Waals surface area contributed by atoms with Crippen molar-refractivity contribution in [1.82, 2.24) is 10.3 Å². The highest BCUT2D eigenvalue weighted by Crippen LogP contribution is 2.20. The largest absolute Gasteiger partial charge is 0.486 e. The number of aromatic nitrogens is 2. The van der Waals surface area contributed by atoms with Crippen LogP contribution in [0.1, 0.15) is 17.0 Å². The highest BCUT2D eigenvalue weighted by molar-refractivity contribution is 6.19. The lowest BCUT2D eigenvalue weighted by atomic mass is 10.2. The van der Waals surface area contributed by atoms with E-state index >= 15 is 0 Å². The van der Waals surface area contributed by atoms with Crippen molar-refractivity contribution in [1.29, 1.82) is 0 Å². The Labute approximate surface area is 114 Å². The minimum atomic E-state index is -0.384. The van der Waals surface area contributed by atoms with Crippen LogP contribution in [0, 0.1) is 24.6 Å². The van der Waals surface area contributed by atoms with Crippen LogP contribution in [0.15, 0.2) is 22.8 Å². The Morgan fingerprint density at radius 2 is 2.26 bits per heavy atom. The molecule has 0 saturated carbocycles. The van der Waals surface area contributed by atoms with Gasteiger partial charge in [-0.15, -0.1) is 11.6 Å². The fourth-order valence-electron chi connectivity index (χ4n) is 1.38. The predicted octanol–water partition coefficient (Wildman–Crippen LogP) is 2.69. The SMILES string of the molecule is Cc1nonc1COc1ccc(F)cc1C#CCCl. The zero-order chi connectivity index (χ0) is 13.7. The molecule has 2 rings (SSSR count). The van der Waals surface area contributed by atoms with Gasteiger partial charge in [0.25, 0.3) is 0 Å². The maximum Gasteiger partial charge on any atom is 0.145 e. The molecule has 0 spiro atoms. The summed E-state index contributed by atoms with van der Waals surface area (Å²) in [5, 5.41) is 7.34. The van der Waals surface area contributed by atoms with Gasteiger partial charge in [-0.1, -0.05) is 22.2 Å². The number of hydrogen-bond acceptors (Lipinski definition) is 4. The minimum Gasteiger partial charge on any atom is -0.486 e. The lowest BCUT2D eigenvalue weighted by Crippen LogP contribution is -1.99. The molecule has 1 heterocycles. The minimum absolute atomic E-state index is 0.169. The maximum atomic E-state index is 13.2. The van der Waals surface area contributed by atoms with Gasteiger partial charge in [0, 0.05) is 0 Å². The first-order valence-electron chi connectivity index (χ1n) is 5.46. The summed E-state index contributed by atoms with van der Waals surface area (Å²) in [5.74, 6) is 5.65. The number of rotatable bonds is 3. The van der Waals surface area contributed by atoms with Crippen molar-refractivity contribution in [3.05, 3.63) is 41.0 Å². The number of ether oxygens (including phenoxy) is 1. The maximum absolute atomic E-state index is 13.2. The van der Waals surface area contributed by atoms with Crippen molar-refractivity contribution in [2.24, 2.45) is 0 Å². The van der Waals surface area contributed by atoms with Gasteiger partial charge in [-0.3, -0.25) is 0 Å². The quantitative estimate of drug-likeness (QED) is 0.641. The molecule has 0 aliphatic rings. The molecule has 0 aliphatic heterocycles. The van der Waals surface area contributed by atoms with Gasteiger partial charge in [-0.25, -0.2) is 9.02 Å². The highest BCUT2D eigenvalue weighted by Gasteiger charge is 2.08. The molecule has 0 radical (unpaired) electrons. The van der Waals surface area contributed by atoms with E-state index in [0.29, 0.717) is 22.7 Å². The molecule has 2 aromatic rings. The van der Waals surface area contributed by atoms with Gasteiger partial charge in [0.1, 0.15) is 29.6 Å². The first kappa shape index (κ1) is 13.4. The normalized spacial score (nSPS) is 9.84. The first-order chi connectivity index (χ1) is 9.20.